The second-order valence-electron chi connectivity index (χ2n) is 3.55. The summed E-state index contributed by atoms with van der Waals surface area (Å²) < 4.78 is 0. The van der Waals surface area contributed by atoms with Gasteiger partial charge in [-0.15, -0.1) is 29.0 Å². The molecular weight excluding hydrogens is 189 g/mol. The molecule has 0 saturated heterocycles. The predicted octanol–water partition coefficient (Wildman–Crippen LogP) is 0.625. The van der Waals surface area contributed by atoms with Gasteiger partial charge in [-0.2, -0.15) is 0 Å². The van der Waals surface area contributed by atoms with Crippen LogP contribution in [-0.2, 0) is 0 Å². The molecule has 0 unspecified atom stereocenters. The molecule has 2 aromatic carbocycles. The molecule has 72 valence electrons. The van der Waals surface area contributed by atoms with Crippen LogP contribution in [0.2, 0.25) is 0 Å². The topological polar surface area (TPSA) is 12.9 Å². The largest absolute Gasteiger partial charge is 1.00 e. The Bertz CT molecular complexity index is 584. The van der Waals surface area contributed by atoms with Crippen LogP contribution in [0.5, 0.6) is 0 Å². The minimum absolute atomic E-state index is 0. The Morgan fingerprint density at radius 3 is 2.50 bits per heavy atom. The Labute approximate surface area is 107 Å². The van der Waals surface area contributed by atoms with Crippen LogP contribution in [0.1, 0.15) is 0 Å². The average molecular weight is 199 g/mol. The molecule has 0 atom stereocenters. The molecule has 0 spiro atoms. The molecule has 1 nitrogen and oxygen atoms in total. The van der Waals surface area contributed by atoms with Crippen molar-refractivity contribution < 1.29 is 18.9 Å². The quantitative estimate of drug-likeness (QED) is 0.413. The second kappa shape index (κ2) is 4.61. The molecule has 0 aliphatic carbocycles. The number of hydrogen-bond acceptors (Lipinski definition) is 1. The van der Waals surface area contributed by atoms with Gasteiger partial charge in [-0.1, -0.05) is 42.0 Å². The van der Waals surface area contributed by atoms with Gasteiger partial charge in [0, 0.05) is 11.9 Å². The Balaban J connectivity index is 0.000000963. The number of pyridine rings is 1. The van der Waals surface area contributed by atoms with E-state index in [1.165, 1.54) is 16.3 Å². The van der Waals surface area contributed by atoms with Crippen molar-refractivity contribution in [3.8, 4) is 11.3 Å². The molecule has 0 aliphatic heterocycles. The van der Waals surface area contributed by atoms with Crippen LogP contribution in [0.15, 0.2) is 60.8 Å². The summed E-state index contributed by atoms with van der Waals surface area (Å²) in [7, 11) is 0. The zero-order valence-electron chi connectivity index (χ0n) is 9.22. The molecule has 3 aromatic rings. The molecule has 2 heteroatoms. The number of rotatable bonds is 1. The van der Waals surface area contributed by atoms with E-state index < -0.39 is 0 Å². The Morgan fingerprint density at radius 2 is 1.69 bits per heavy atom. The van der Waals surface area contributed by atoms with Crippen LogP contribution in [-0.4, -0.2) is 4.98 Å². The van der Waals surface area contributed by atoms with Gasteiger partial charge in [0.05, 0.1) is 0 Å². The van der Waals surface area contributed by atoms with Gasteiger partial charge in [-0.05, 0) is 0 Å². The van der Waals surface area contributed by atoms with Gasteiger partial charge < -0.3 is 0 Å². The number of hydrogen-bond donors (Lipinski definition) is 0. The molecule has 3 rings (SSSR count). The van der Waals surface area contributed by atoms with E-state index >= 15 is 0 Å². The van der Waals surface area contributed by atoms with Gasteiger partial charge in [0.25, 0.3) is 0 Å². The summed E-state index contributed by atoms with van der Waals surface area (Å²) in [6, 6.07) is 18.7. The van der Waals surface area contributed by atoms with Crippen LogP contribution in [0, 0.1) is 0 Å². The molecule has 0 radical (unpaired) electrons. The monoisotopic (exact) mass is 199 g/mol. The van der Waals surface area contributed by atoms with E-state index in [1.54, 1.807) is 0 Å². The molecule has 0 N–H and O–H groups in total. The summed E-state index contributed by atoms with van der Waals surface area (Å²) in [6.45, 7) is 0. The summed E-state index contributed by atoms with van der Waals surface area (Å²) in [6.07, 6.45) is 1.83. The van der Waals surface area contributed by atoms with Crippen LogP contribution >= 0.6 is 0 Å². The third-order valence-electron chi connectivity index (χ3n) is 2.62. The molecule has 1 aromatic heterocycles. The molecule has 16 heavy (non-hydrogen) atoms. The summed E-state index contributed by atoms with van der Waals surface area (Å²) in [4.78, 5) is 4.37. The summed E-state index contributed by atoms with van der Waals surface area (Å²) in [5.41, 5.74) is 2.25. The second-order valence-corrected chi connectivity index (χ2v) is 3.55. The van der Waals surface area contributed by atoms with E-state index in [1.807, 2.05) is 24.4 Å². The first-order valence-corrected chi connectivity index (χ1v) is 5.01. The average Bonchev–Trinajstić information content (AvgIpc) is 2.74. The van der Waals surface area contributed by atoms with Crippen molar-refractivity contribution in [2.45, 2.75) is 0 Å². The van der Waals surface area contributed by atoms with Crippen LogP contribution in [0.4, 0.5) is 0 Å². The van der Waals surface area contributed by atoms with Crippen molar-refractivity contribution in [1.82, 2.24) is 4.98 Å². The summed E-state index contributed by atoms with van der Waals surface area (Å²) in [5, 5.41) is 2.55. The first-order valence-electron chi connectivity index (χ1n) is 5.01. The number of fused-ring (bicyclic) bond motifs is 1. The van der Waals surface area contributed by atoms with E-state index in [4.69, 9.17) is 0 Å². The molecule has 0 fully saturated rings. The third kappa shape index (κ3) is 1.80. The van der Waals surface area contributed by atoms with E-state index in [0.717, 1.165) is 5.69 Å². The van der Waals surface area contributed by atoms with Crippen molar-refractivity contribution in [3.63, 3.8) is 0 Å². The first-order chi connectivity index (χ1) is 7.45. The minimum Gasteiger partial charge on any atom is -0.272 e. The molecule has 0 aliphatic rings. The minimum atomic E-state index is 0. The van der Waals surface area contributed by atoms with Gasteiger partial charge in [0.15, 0.2) is 0 Å². The SMILES string of the molecule is [Li+].c1ccc(-[c-]2ccc3ccccc32)nc1. The number of benzene rings is 1. The smallest absolute Gasteiger partial charge is 0.272 e. The Morgan fingerprint density at radius 1 is 0.875 bits per heavy atom. The van der Waals surface area contributed by atoms with E-state index in [9.17, 15) is 0 Å². The van der Waals surface area contributed by atoms with Crippen molar-refractivity contribution in [1.29, 1.82) is 0 Å². The van der Waals surface area contributed by atoms with Crippen molar-refractivity contribution >= 4 is 10.8 Å². The standard InChI is InChI=1S/C14H10N.Li/c1-2-6-12-11(5-1)8-9-13(12)14-7-3-4-10-15-14;/h1-10H;/q-1;+1. The summed E-state index contributed by atoms with van der Waals surface area (Å²) in [5.74, 6) is 0. The fourth-order valence-electron chi connectivity index (χ4n) is 1.90. The molecule has 0 saturated carbocycles. The van der Waals surface area contributed by atoms with Crippen LogP contribution in [0.3, 0.4) is 0 Å². The normalized spacial score (nSPS) is 10.0. The van der Waals surface area contributed by atoms with E-state index in [2.05, 4.69) is 41.4 Å². The molecule has 0 amide bonds. The fourth-order valence-corrected chi connectivity index (χ4v) is 1.90. The molecular formula is C14H10LiN. The maximum Gasteiger partial charge on any atom is 1.00 e. The van der Waals surface area contributed by atoms with Gasteiger partial charge in [-0.25, -0.2) is 0 Å². The first kappa shape index (κ1) is 11.1. The number of nitrogens with zero attached hydrogens (tertiary/aromatic N) is 1. The summed E-state index contributed by atoms with van der Waals surface area (Å²) >= 11 is 0. The van der Waals surface area contributed by atoms with Gasteiger partial charge in [-0.3, -0.25) is 4.98 Å². The van der Waals surface area contributed by atoms with Crippen LogP contribution < -0.4 is 18.9 Å². The predicted molar refractivity (Wildman–Crippen MR) is 62.8 cm³/mol. The maximum atomic E-state index is 4.37. The number of aromatic nitrogens is 1. The Kier molecular flexibility index (Phi) is 3.19. The van der Waals surface area contributed by atoms with Gasteiger partial charge in [0.2, 0.25) is 0 Å². The van der Waals surface area contributed by atoms with E-state index in [0.29, 0.717) is 0 Å². The molecule has 1 heterocycles. The van der Waals surface area contributed by atoms with Crippen LogP contribution in [0.25, 0.3) is 22.0 Å². The third-order valence-corrected chi connectivity index (χ3v) is 2.62. The maximum absolute atomic E-state index is 4.37. The van der Waals surface area contributed by atoms with Crippen molar-refractivity contribution in [3.05, 3.63) is 60.8 Å². The van der Waals surface area contributed by atoms with E-state index in [-0.39, 0.29) is 18.9 Å². The Hall–Kier alpha value is -1.42. The van der Waals surface area contributed by atoms with Crippen molar-refractivity contribution in [2.75, 3.05) is 0 Å². The van der Waals surface area contributed by atoms with Gasteiger partial charge in [0.1, 0.15) is 0 Å². The zero-order chi connectivity index (χ0) is 10.1. The zero-order valence-corrected chi connectivity index (χ0v) is 9.22. The van der Waals surface area contributed by atoms with Crippen molar-refractivity contribution in [2.24, 2.45) is 0 Å². The fraction of sp³-hybridized carbons (Fsp3) is 0. The van der Waals surface area contributed by atoms with Gasteiger partial charge >= 0.3 is 18.9 Å². The molecule has 0 bridgehead atoms.